The lowest BCUT2D eigenvalue weighted by atomic mass is 10.1. The molecule has 0 saturated heterocycles. The maximum Gasteiger partial charge on any atom is 0.306 e. The summed E-state index contributed by atoms with van der Waals surface area (Å²) in [5, 5.41) is 0. The Kier molecular flexibility index (Phi) is 57.4. The Bertz CT molecular complexity index is 1600. The molecule has 1 atom stereocenters. The highest BCUT2D eigenvalue weighted by Gasteiger charge is 2.19. The molecule has 0 heterocycles. The molecule has 418 valence electrons. The molecule has 6 heteroatoms. The third kappa shape index (κ3) is 58.4. The predicted octanol–water partition coefficient (Wildman–Crippen LogP) is 20.6. The molecule has 0 rings (SSSR count). The van der Waals surface area contributed by atoms with Crippen molar-refractivity contribution in [3.8, 4) is 0 Å². The van der Waals surface area contributed by atoms with Crippen LogP contribution in [0.1, 0.15) is 258 Å². The van der Waals surface area contributed by atoms with Gasteiger partial charge in [-0.15, -0.1) is 0 Å². The lowest BCUT2D eigenvalue weighted by Gasteiger charge is -2.18. The minimum absolute atomic E-state index is 0.0923. The van der Waals surface area contributed by atoms with E-state index in [1.54, 1.807) is 0 Å². The fourth-order valence-corrected chi connectivity index (χ4v) is 7.94. The number of hydrogen-bond donors (Lipinski definition) is 0. The van der Waals surface area contributed by atoms with Crippen molar-refractivity contribution in [3.63, 3.8) is 0 Å². The number of ether oxygens (including phenoxy) is 3. The van der Waals surface area contributed by atoms with E-state index in [-0.39, 0.29) is 31.1 Å². The topological polar surface area (TPSA) is 78.9 Å². The summed E-state index contributed by atoms with van der Waals surface area (Å²) in [6.07, 6.45) is 85.9. The molecule has 0 aliphatic carbocycles. The average Bonchev–Trinajstić information content (AvgIpc) is 3.40. The summed E-state index contributed by atoms with van der Waals surface area (Å²) < 4.78 is 16.8. The molecular formula is C68H110O6. The highest BCUT2D eigenvalue weighted by atomic mass is 16.6. The minimum Gasteiger partial charge on any atom is -0.462 e. The number of esters is 3. The van der Waals surface area contributed by atoms with E-state index in [0.29, 0.717) is 19.3 Å². The second-order valence-corrected chi connectivity index (χ2v) is 19.5. The molecule has 0 saturated carbocycles. The van der Waals surface area contributed by atoms with E-state index in [4.69, 9.17) is 14.2 Å². The van der Waals surface area contributed by atoms with Crippen LogP contribution in [-0.4, -0.2) is 37.2 Å². The molecule has 0 aromatic rings. The Morgan fingerprint density at radius 1 is 0.284 bits per heavy atom. The first kappa shape index (κ1) is 69.5. The molecular weight excluding hydrogens is 913 g/mol. The molecule has 0 N–H and O–H groups in total. The van der Waals surface area contributed by atoms with Crippen molar-refractivity contribution < 1.29 is 28.6 Å². The molecule has 0 aromatic heterocycles. The zero-order valence-electron chi connectivity index (χ0n) is 47.8. The zero-order valence-corrected chi connectivity index (χ0v) is 47.8. The maximum atomic E-state index is 12.9. The van der Waals surface area contributed by atoms with Crippen LogP contribution in [0.5, 0.6) is 0 Å². The van der Waals surface area contributed by atoms with E-state index < -0.39 is 6.10 Å². The Labute approximate surface area is 455 Å². The summed E-state index contributed by atoms with van der Waals surface area (Å²) in [6, 6.07) is 0. The Hall–Kier alpha value is -4.45. The highest BCUT2D eigenvalue weighted by Crippen LogP contribution is 2.14. The predicted molar refractivity (Wildman–Crippen MR) is 320 cm³/mol. The first-order valence-corrected chi connectivity index (χ1v) is 30.2. The van der Waals surface area contributed by atoms with Gasteiger partial charge in [-0.2, -0.15) is 0 Å². The van der Waals surface area contributed by atoms with Crippen LogP contribution in [0, 0.1) is 0 Å². The molecule has 1 unspecified atom stereocenters. The fraction of sp³-hybridized carbons (Fsp3) is 0.632. The van der Waals surface area contributed by atoms with Crippen LogP contribution >= 0.6 is 0 Å². The molecule has 0 spiro atoms. The van der Waals surface area contributed by atoms with Crippen LogP contribution in [0.25, 0.3) is 0 Å². The summed E-state index contributed by atoms with van der Waals surface area (Å²) in [5.41, 5.74) is 0. The molecule has 0 amide bonds. The normalized spacial score (nSPS) is 13.1. The van der Waals surface area contributed by atoms with Crippen molar-refractivity contribution in [2.45, 2.75) is 264 Å². The van der Waals surface area contributed by atoms with Gasteiger partial charge in [-0.1, -0.05) is 257 Å². The third-order valence-electron chi connectivity index (χ3n) is 12.4. The lowest BCUT2D eigenvalue weighted by molar-refractivity contribution is -0.167. The highest BCUT2D eigenvalue weighted by molar-refractivity contribution is 5.71. The fourth-order valence-electron chi connectivity index (χ4n) is 7.94. The van der Waals surface area contributed by atoms with Gasteiger partial charge in [0.1, 0.15) is 13.2 Å². The van der Waals surface area contributed by atoms with Crippen LogP contribution in [0.2, 0.25) is 0 Å². The third-order valence-corrected chi connectivity index (χ3v) is 12.4. The molecule has 0 radical (unpaired) electrons. The molecule has 0 bridgehead atoms. The minimum atomic E-state index is -0.797. The monoisotopic (exact) mass is 1020 g/mol. The van der Waals surface area contributed by atoms with Gasteiger partial charge in [0, 0.05) is 19.3 Å². The van der Waals surface area contributed by atoms with Crippen LogP contribution in [0.3, 0.4) is 0 Å². The smallest absolute Gasteiger partial charge is 0.306 e. The van der Waals surface area contributed by atoms with Crippen molar-refractivity contribution in [2.75, 3.05) is 13.2 Å². The van der Waals surface area contributed by atoms with Gasteiger partial charge in [-0.3, -0.25) is 14.4 Å². The van der Waals surface area contributed by atoms with Crippen molar-refractivity contribution in [1.29, 1.82) is 0 Å². The second kappa shape index (κ2) is 61.1. The van der Waals surface area contributed by atoms with E-state index in [0.717, 1.165) is 148 Å². The summed E-state index contributed by atoms with van der Waals surface area (Å²) in [7, 11) is 0. The van der Waals surface area contributed by atoms with Gasteiger partial charge in [0.2, 0.25) is 0 Å². The summed E-state index contributed by atoms with van der Waals surface area (Å²) in [6.45, 7) is 6.37. The van der Waals surface area contributed by atoms with E-state index in [1.807, 2.05) is 0 Å². The molecule has 0 fully saturated rings. The standard InChI is InChI=1S/C68H110O6/c1-4-7-10-13-16-19-22-24-26-28-29-30-31-32-33-34-35-36-37-38-39-41-42-44-46-49-52-55-58-61-67(70)73-64-65(63-72-66(69)60-57-54-51-48-21-18-15-12-9-6-3)74-68(71)62-59-56-53-50-47-45-43-40-27-25-23-20-17-14-11-8-5-2/h7-8,10-11,16-17,19-20,24-27,29-30,32-33,35-36,38-39,42,44,65H,4-6,9,12-15,18,21-23,28,31,34,37,40-41,43,45-64H2,1-3H3/b10-7-,11-8-,19-16-,20-17-,26-24-,27-25-,30-29-,33-32-,36-35-,39-38-,44-42-. The number of unbranched alkanes of at least 4 members (excludes halogenated alkanes) is 20. The van der Waals surface area contributed by atoms with Crippen LogP contribution in [0.15, 0.2) is 134 Å². The number of rotatable bonds is 53. The van der Waals surface area contributed by atoms with Crippen molar-refractivity contribution in [2.24, 2.45) is 0 Å². The maximum absolute atomic E-state index is 12.9. The largest absolute Gasteiger partial charge is 0.462 e. The van der Waals surface area contributed by atoms with Gasteiger partial charge in [-0.25, -0.2) is 0 Å². The van der Waals surface area contributed by atoms with E-state index in [1.165, 1.54) is 70.6 Å². The molecule has 0 aliphatic heterocycles. The van der Waals surface area contributed by atoms with Crippen molar-refractivity contribution in [1.82, 2.24) is 0 Å². The summed E-state index contributed by atoms with van der Waals surface area (Å²) in [5.74, 6) is -0.932. The Morgan fingerprint density at radius 3 is 0.824 bits per heavy atom. The van der Waals surface area contributed by atoms with Crippen LogP contribution < -0.4 is 0 Å². The number of hydrogen-bond acceptors (Lipinski definition) is 6. The van der Waals surface area contributed by atoms with Gasteiger partial charge in [0.15, 0.2) is 6.10 Å². The first-order chi connectivity index (χ1) is 36.5. The van der Waals surface area contributed by atoms with Gasteiger partial charge < -0.3 is 14.2 Å². The van der Waals surface area contributed by atoms with Gasteiger partial charge in [-0.05, 0) is 116 Å². The van der Waals surface area contributed by atoms with Crippen LogP contribution in [-0.2, 0) is 28.6 Å². The number of carbonyl (C=O) groups excluding carboxylic acids is 3. The van der Waals surface area contributed by atoms with Crippen molar-refractivity contribution in [3.05, 3.63) is 134 Å². The molecule has 0 aromatic carbocycles. The molecule has 6 nitrogen and oxygen atoms in total. The Morgan fingerprint density at radius 2 is 0.527 bits per heavy atom. The van der Waals surface area contributed by atoms with Crippen molar-refractivity contribution >= 4 is 17.9 Å². The van der Waals surface area contributed by atoms with E-state index in [2.05, 4.69) is 154 Å². The second-order valence-electron chi connectivity index (χ2n) is 19.5. The molecule has 74 heavy (non-hydrogen) atoms. The van der Waals surface area contributed by atoms with E-state index >= 15 is 0 Å². The molecule has 0 aliphatic rings. The SMILES string of the molecule is CC/C=C\C/C=C\C/C=C\C/C=C\C/C=C\C/C=C\C/C=C\C/C=C\CCCCCCC(=O)OCC(COC(=O)CCCCCCCCCCCC)OC(=O)CCCCCCCCC/C=C\C/C=C\C/C=C\CC. The van der Waals surface area contributed by atoms with Gasteiger partial charge in [0.25, 0.3) is 0 Å². The average molecular weight is 1020 g/mol. The van der Waals surface area contributed by atoms with Crippen LogP contribution in [0.4, 0.5) is 0 Å². The lowest BCUT2D eigenvalue weighted by Crippen LogP contribution is -2.30. The summed E-state index contributed by atoms with van der Waals surface area (Å²) >= 11 is 0. The quantitative estimate of drug-likeness (QED) is 0.0261. The first-order valence-electron chi connectivity index (χ1n) is 30.2. The Balaban J connectivity index is 4.35. The number of allylic oxidation sites excluding steroid dienone is 22. The van der Waals surface area contributed by atoms with Gasteiger partial charge in [0.05, 0.1) is 0 Å². The number of carbonyl (C=O) groups is 3. The summed E-state index contributed by atoms with van der Waals surface area (Å²) in [4.78, 5) is 38.1. The van der Waals surface area contributed by atoms with E-state index in [9.17, 15) is 14.4 Å². The van der Waals surface area contributed by atoms with Gasteiger partial charge >= 0.3 is 17.9 Å². The zero-order chi connectivity index (χ0) is 53.6.